The van der Waals surface area contributed by atoms with Crippen LogP contribution in [0.3, 0.4) is 0 Å². The quantitative estimate of drug-likeness (QED) is 0.182. The highest BCUT2D eigenvalue weighted by atomic mass is 16.5. The van der Waals surface area contributed by atoms with Crippen molar-refractivity contribution >= 4 is 22.9 Å². The monoisotopic (exact) mass is 704 g/mol. The minimum Gasteiger partial charge on any atom is -0.455 e. The molecule has 6 aromatic carbocycles. The first-order chi connectivity index (χ1) is 27.2. The van der Waals surface area contributed by atoms with Gasteiger partial charge in [0.25, 0.3) is 0 Å². The summed E-state index contributed by atoms with van der Waals surface area (Å²) in [5, 5.41) is 2.14. The van der Waals surface area contributed by atoms with Gasteiger partial charge in [0.1, 0.15) is 11.5 Å². The van der Waals surface area contributed by atoms with Crippen molar-refractivity contribution in [3.63, 3.8) is 0 Å². The largest absolute Gasteiger partial charge is 0.455 e. The molecule has 1 aliphatic heterocycles. The van der Waals surface area contributed by atoms with E-state index < -0.39 is 0 Å². The molecule has 0 unspecified atom stereocenters. The molecule has 10 rings (SSSR count). The lowest BCUT2D eigenvalue weighted by Crippen LogP contribution is -1.98. The molecule has 0 amide bonds. The molecule has 0 spiro atoms. The lowest BCUT2D eigenvalue weighted by molar-refractivity contribution is 0.492. The number of aromatic nitrogens is 4. The molecule has 55 heavy (non-hydrogen) atoms. The Hall–Kier alpha value is -7.50. The van der Waals surface area contributed by atoms with Crippen LogP contribution in [0.5, 0.6) is 11.5 Å². The van der Waals surface area contributed by atoms with Crippen LogP contribution in [0.15, 0.2) is 182 Å². The number of fused-ring (bicyclic) bond motifs is 8. The minimum absolute atomic E-state index is 0.618. The van der Waals surface area contributed by atoms with E-state index in [1.165, 1.54) is 0 Å². The van der Waals surface area contributed by atoms with E-state index in [2.05, 4.69) is 132 Å². The standard InChI is InChI=1S/C50H32N4O/c1-2-13-36(14-3-1)46-30-47(39-25-27-45(52-32-39)38-15-10-28-51-31-38)54-50(53-46)37-23-22-35-21-20-33-11-4-6-16-40(33)42-18-8-9-19-48(42)55-49-41-17-7-5-12-34(41)24-26-43(49)44(35)29-37/h1-32H. The number of pyridine rings is 2. The molecule has 0 fully saturated rings. The van der Waals surface area contributed by atoms with Crippen molar-refractivity contribution in [1.29, 1.82) is 0 Å². The first-order valence-electron chi connectivity index (χ1n) is 18.3. The van der Waals surface area contributed by atoms with Crippen LogP contribution < -0.4 is 4.74 Å². The van der Waals surface area contributed by atoms with Crippen molar-refractivity contribution in [2.45, 2.75) is 0 Å². The van der Waals surface area contributed by atoms with Crippen molar-refractivity contribution in [2.75, 3.05) is 0 Å². The van der Waals surface area contributed by atoms with E-state index >= 15 is 0 Å². The van der Waals surface area contributed by atoms with Crippen molar-refractivity contribution in [3.05, 3.63) is 194 Å². The zero-order valence-corrected chi connectivity index (χ0v) is 29.7. The SMILES string of the molecule is C1=Cc2ccc(-c3nc(-c4ccccc4)cc(-c4ccc(-c5cccnc5)nc4)n3)cc2-c2ccc3ccccc3c2Oc2ccccc2-c2ccccc21. The molecule has 0 radical (unpaired) electrons. The second kappa shape index (κ2) is 13.8. The molecule has 0 atom stereocenters. The van der Waals surface area contributed by atoms with Crippen molar-refractivity contribution in [2.24, 2.45) is 0 Å². The maximum absolute atomic E-state index is 7.07. The molecule has 3 aromatic heterocycles. The third kappa shape index (κ3) is 6.14. The zero-order chi connectivity index (χ0) is 36.6. The molecule has 0 bridgehead atoms. The Morgan fingerprint density at radius 2 is 1.13 bits per heavy atom. The van der Waals surface area contributed by atoms with Gasteiger partial charge in [-0.15, -0.1) is 0 Å². The van der Waals surface area contributed by atoms with Gasteiger partial charge in [-0.2, -0.15) is 0 Å². The first-order valence-corrected chi connectivity index (χ1v) is 18.3. The highest BCUT2D eigenvalue weighted by molar-refractivity contribution is 5.99. The van der Waals surface area contributed by atoms with E-state index in [4.69, 9.17) is 19.7 Å². The number of benzene rings is 6. The van der Waals surface area contributed by atoms with E-state index in [1.807, 2.05) is 60.9 Å². The van der Waals surface area contributed by atoms with Crippen molar-refractivity contribution in [1.82, 2.24) is 19.9 Å². The van der Waals surface area contributed by atoms with Crippen LogP contribution in [0, 0.1) is 0 Å². The lowest BCUT2D eigenvalue weighted by Gasteiger charge is -2.18. The Morgan fingerprint density at radius 1 is 0.418 bits per heavy atom. The summed E-state index contributed by atoms with van der Waals surface area (Å²) in [6.45, 7) is 0. The fourth-order valence-corrected chi connectivity index (χ4v) is 7.31. The van der Waals surface area contributed by atoms with Crippen LogP contribution in [-0.2, 0) is 0 Å². The minimum atomic E-state index is 0.618. The molecule has 0 aliphatic carbocycles. The Labute approximate surface area is 319 Å². The summed E-state index contributed by atoms with van der Waals surface area (Å²) >= 11 is 0. The van der Waals surface area contributed by atoms with E-state index in [9.17, 15) is 0 Å². The number of hydrogen-bond acceptors (Lipinski definition) is 5. The van der Waals surface area contributed by atoms with Crippen LogP contribution in [0.4, 0.5) is 0 Å². The van der Waals surface area contributed by atoms with Crippen molar-refractivity contribution < 1.29 is 4.74 Å². The van der Waals surface area contributed by atoms with Gasteiger partial charge >= 0.3 is 0 Å². The molecule has 258 valence electrons. The smallest absolute Gasteiger partial charge is 0.160 e. The van der Waals surface area contributed by atoms with E-state index in [-0.39, 0.29) is 0 Å². The summed E-state index contributed by atoms with van der Waals surface area (Å²) in [5.41, 5.74) is 12.5. The molecular weight excluding hydrogens is 673 g/mol. The fraction of sp³-hybridized carbons (Fsp3) is 0. The maximum atomic E-state index is 7.07. The summed E-state index contributed by atoms with van der Waals surface area (Å²) in [7, 11) is 0. The molecule has 1 aliphatic rings. The Kier molecular flexibility index (Phi) is 8.08. The lowest BCUT2D eigenvalue weighted by atomic mass is 9.93. The fourth-order valence-electron chi connectivity index (χ4n) is 7.31. The third-order valence-electron chi connectivity index (χ3n) is 10.1. The molecule has 0 saturated heterocycles. The topological polar surface area (TPSA) is 60.8 Å². The molecule has 4 heterocycles. The van der Waals surface area contributed by atoms with Crippen LogP contribution in [-0.4, -0.2) is 19.9 Å². The number of rotatable bonds is 4. The average molecular weight is 705 g/mol. The van der Waals surface area contributed by atoms with Crippen molar-refractivity contribution in [3.8, 4) is 78.9 Å². The Bertz CT molecular complexity index is 2890. The van der Waals surface area contributed by atoms with Gasteiger partial charge in [-0.05, 0) is 76.2 Å². The van der Waals surface area contributed by atoms with Crippen LogP contribution in [0.25, 0.3) is 90.3 Å². The number of ether oxygens (including phenoxy) is 1. The third-order valence-corrected chi connectivity index (χ3v) is 10.1. The van der Waals surface area contributed by atoms with Gasteiger partial charge in [0.2, 0.25) is 0 Å². The van der Waals surface area contributed by atoms with Gasteiger partial charge in [0.05, 0.1) is 17.1 Å². The van der Waals surface area contributed by atoms with E-state index in [0.29, 0.717) is 5.82 Å². The number of nitrogens with zero attached hydrogens (tertiary/aromatic N) is 4. The van der Waals surface area contributed by atoms with Crippen LogP contribution >= 0.6 is 0 Å². The van der Waals surface area contributed by atoms with Gasteiger partial charge in [-0.3, -0.25) is 9.97 Å². The van der Waals surface area contributed by atoms with Gasteiger partial charge in [-0.25, -0.2) is 9.97 Å². The molecule has 5 nitrogen and oxygen atoms in total. The second-order valence-electron chi connectivity index (χ2n) is 13.5. The Morgan fingerprint density at radius 3 is 1.96 bits per heavy atom. The van der Waals surface area contributed by atoms with Gasteiger partial charge < -0.3 is 4.74 Å². The predicted octanol–water partition coefficient (Wildman–Crippen LogP) is 12.7. The predicted molar refractivity (Wildman–Crippen MR) is 223 cm³/mol. The van der Waals surface area contributed by atoms with Crippen LogP contribution in [0.1, 0.15) is 11.1 Å². The van der Waals surface area contributed by atoms with Crippen LogP contribution in [0.2, 0.25) is 0 Å². The molecule has 9 aromatic rings. The molecule has 0 N–H and O–H groups in total. The van der Waals surface area contributed by atoms with Gasteiger partial charge in [0.15, 0.2) is 5.82 Å². The maximum Gasteiger partial charge on any atom is 0.160 e. The van der Waals surface area contributed by atoms with E-state index in [0.717, 1.165) is 95.0 Å². The highest BCUT2D eigenvalue weighted by Gasteiger charge is 2.20. The number of hydrogen-bond donors (Lipinski definition) is 0. The molecular formula is C50H32N4O. The summed E-state index contributed by atoms with van der Waals surface area (Å²) in [6.07, 6.45) is 9.86. The highest BCUT2D eigenvalue weighted by Crippen LogP contribution is 2.45. The summed E-state index contributed by atoms with van der Waals surface area (Å²) in [4.78, 5) is 19.4. The van der Waals surface area contributed by atoms with Gasteiger partial charge in [0, 0.05) is 57.4 Å². The zero-order valence-electron chi connectivity index (χ0n) is 29.7. The van der Waals surface area contributed by atoms with Gasteiger partial charge in [-0.1, -0.05) is 127 Å². The summed E-state index contributed by atoms with van der Waals surface area (Å²) in [6, 6.07) is 56.2. The number of para-hydroxylation sites is 1. The molecule has 5 heteroatoms. The average Bonchev–Trinajstić information content (AvgIpc) is 3.28. The summed E-state index contributed by atoms with van der Waals surface area (Å²) in [5.74, 6) is 2.22. The normalized spacial score (nSPS) is 11.7. The summed E-state index contributed by atoms with van der Waals surface area (Å²) < 4.78 is 7.07. The molecule has 0 saturated carbocycles. The first kappa shape index (κ1) is 32.2. The second-order valence-corrected chi connectivity index (χ2v) is 13.5. The van der Waals surface area contributed by atoms with E-state index in [1.54, 1.807) is 6.20 Å². The Balaban J connectivity index is 1.18.